The van der Waals surface area contributed by atoms with E-state index in [-0.39, 0.29) is 0 Å². The van der Waals surface area contributed by atoms with Crippen LogP contribution in [0, 0.1) is 5.92 Å². The van der Waals surface area contributed by atoms with Crippen LogP contribution in [-0.2, 0) is 9.59 Å². The molecule has 2 saturated heterocycles. The Kier molecular flexibility index (Phi) is 7.40. The first-order valence-electron chi connectivity index (χ1n) is 13.0. The summed E-state index contributed by atoms with van der Waals surface area (Å²) in [4.78, 5) is 29.6. The summed E-state index contributed by atoms with van der Waals surface area (Å²) >= 11 is 0. The highest BCUT2D eigenvalue weighted by molar-refractivity contribution is 6.36. The Labute approximate surface area is 193 Å². The number of allylic oxidation sites excluding steroid dienone is 3. The van der Waals surface area contributed by atoms with Crippen molar-refractivity contribution < 1.29 is 9.59 Å². The predicted octanol–water partition coefficient (Wildman–Crippen LogP) is 3.83. The molecule has 4 atom stereocenters. The number of hydrogen-bond donors (Lipinski definition) is 2. The van der Waals surface area contributed by atoms with Crippen molar-refractivity contribution in [3.05, 3.63) is 23.9 Å². The van der Waals surface area contributed by atoms with Crippen molar-refractivity contribution in [2.45, 2.75) is 115 Å². The molecule has 3 N–H and O–H groups in total. The van der Waals surface area contributed by atoms with E-state index >= 15 is 0 Å². The molecule has 0 aromatic heterocycles. The minimum atomic E-state index is -0.890. The number of carbonyl (C=O) groups excluding carboxylic acids is 2. The molecule has 2 amide bonds. The molecule has 0 aromatic carbocycles. The largest absolute Gasteiger partial charge is 0.342 e. The summed E-state index contributed by atoms with van der Waals surface area (Å²) in [6.07, 6.45) is 20.8. The van der Waals surface area contributed by atoms with Crippen LogP contribution in [0.5, 0.6) is 0 Å². The quantitative estimate of drug-likeness (QED) is 0.613. The van der Waals surface area contributed by atoms with Crippen LogP contribution in [0.4, 0.5) is 0 Å². The third-order valence-electron chi connectivity index (χ3n) is 8.20. The normalized spacial score (nSPS) is 33.5. The van der Waals surface area contributed by atoms with Crippen molar-refractivity contribution in [3.63, 3.8) is 0 Å². The maximum Gasteiger partial charge on any atom is 0.317 e. The second kappa shape index (κ2) is 10.1. The van der Waals surface area contributed by atoms with Crippen LogP contribution < -0.4 is 11.1 Å². The first kappa shape index (κ1) is 23.5. The summed E-state index contributed by atoms with van der Waals surface area (Å²) in [6.45, 7) is 4.36. The van der Waals surface area contributed by atoms with E-state index in [1.54, 1.807) is 4.90 Å². The zero-order valence-electron chi connectivity index (χ0n) is 20.0. The van der Waals surface area contributed by atoms with Gasteiger partial charge in [-0.1, -0.05) is 57.6 Å². The molecule has 2 aliphatic carbocycles. The molecule has 0 radical (unpaired) electrons. The molecule has 4 fully saturated rings. The lowest BCUT2D eigenvalue weighted by atomic mass is 9.74. The van der Waals surface area contributed by atoms with Gasteiger partial charge in [0.25, 0.3) is 0 Å². The van der Waals surface area contributed by atoms with Crippen LogP contribution in [0.25, 0.3) is 0 Å². The minimum absolute atomic E-state index is 0.342. The van der Waals surface area contributed by atoms with Crippen molar-refractivity contribution in [3.8, 4) is 0 Å². The Morgan fingerprint density at radius 2 is 1.78 bits per heavy atom. The van der Waals surface area contributed by atoms with Gasteiger partial charge in [0.05, 0.1) is 12.2 Å². The second-order valence-electron chi connectivity index (χ2n) is 10.6. The van der Waals surface area contributed by atoms with E-state index in [0.29, 0.717) is 30.6 Å². The Balaban J connectivity index is 1.55. The number of fused-ring (bicyclic) bond motifs is 1. The maximum atomic E-state index is 13.0. The SMILES string of the molecule is CC/C=C\C=C1/CNC(=O)C(=O)N1[C@](C)(N)C[C@@H]1[C@H]2CCC[C@H]2N1C1CCCCCCC1. The van der Waals surface area contributed by atoms with Gasteiger partial charge in [0.15, 0.2) is 0 Å². The first-order valence-corrected chi connectivity index (χ1v) is 13.0. The van der Waals surface area contributed by atoms with Gasteiger partial charge in [-0.2, -0.15) is 0 Å². The number of nitrogens with two attached hydrogens (primary N) is 1. The van der Waals surface area contributed by atoms with E-state index in [9.17, 15) is 9.59 Å². The molecular formula is C26H42N4O2. The minimum Gasteiger partial charge on any atom is -0.342 e. The fourth-order valence-corrected chi connectivity index (χ4v) is 6.77. The average molecular weight is 443 g/mol. The number of piperazine rings is 1. The summed E-state index contributed by atoms with van der Waals surface area (Å²) < 4.78 is 0. The highest BCUT2D eigenvalue weighted by atomic mass is 16.2. The summed E-state index contributed by atoms with van der Waals surface area (Å²) in [5, 5.41) is 2.70. The van der Waals surface area contributed by atoms with Crippen LogP contribution in [0.2, 0.25) is 0 Å². The molecule has 6 nitrogen and oxygen atoms in total. The van der Waals surface area contributed by atoms with Gasteiger partial charge >= 0.3 is 11.8 Å². The molecule has 2 heterocycles. The number of carbonyl (C=O) groups is 2. The molecule has 0 aromatic rings. The summed E-state index contributed by atoms with van der Waals surface area (Å²) in [6, 6.07) is 1.76. The topological polar surface area (TPSA) is 78.7 Å². The Morgan fingerprint density at radius 3 is 2.50 bits per heavy atom. The van der Waals surface area contributed by atoms with E-state index < -0.39 is 17.5 Å². The molecule has 0 spiro atoms. The number of nitrogens with one attached hydrogen (secondary N) is 1. The standard InChI is InChI=1S/C26H42N4O2/c1-3-4-8-14-20-18-28-24(31)25(32)30(20)26(2,27)17-23-21-15-11-16-22(21)29(23)19-12-9-6-5-7-10-13-19/h4,8,14,19,21-23H,3,5-7,9-13,15-18,27H2,1-2H3,(H,28,31)/b8-4-,20-14+/t21-,22+,23+,26-/m0/s1. The van der Waals surface area contributed by atoms with Gasteiger partial charge in [-0.25, -0.2) is 0 Å². The summed E-state index contributed by atoms with van der Waals surface area (Å²) in [5.74, 6) is -0.399. The van der Waals surface area contributed by atoms with E-state index in [4.69, 9.17) is 5.73 Å². The number of likely N-dealkylation sites (tertiary alicyclic amines) is 1. The van der Waals surface area contributed by atoms with Crippen LogP contribution in [0.15, 0.2) is 23.9 Å². The fourth-order valence-electron chi connectivity index (χ4n) is 6.77. The van der Waals surface area contributed by atoms with Gasteiger partial charge in [0, 0.05) is 23.8 Å². The van der Waals surface area contributed by atoms with Gasteiger partial charge in [-0.05, 0) is 57.4 Å². The summed E-state index contributed by atoms with van der Waals surface area (Å²) in [7, 11) is 0. The molecule has 2 aliphatic heterocycles. The molecule has 2 saturated carbocycles. The molecule has 4 rings (SSSR count). The molecule has 178 valence electrons. The molecule has 6 heteroatoms. The van der Waals surface area contributed by atoms with Gasteiger partial charge in [0.1, 0.15) is 0 Å². The number of amides is 2. The number of nitrogens with zero attached hydrogens (tertiary/aromatic N) is 2. The Hall–Kier alpha value is -1.66. The lowest BCUT2D eigenvalue weighted by molar-refractivity contribution is -0.152. The monoisotopic (exact) mass is 442 g/mol. The third kappa shape index (κ3) is 4.67. The Morgan fingerprint density at radius 1 is 1.06 bits per heavy atom. The third-order valence-corrected chi connectivity index (χ3v) is 8.20. The van der Waals surface area contributed by atoms with Crippen LogP contribution in [0.3, 0.4) is 0 Å². The smallest absolute Gasteiger partial charge is 0.317 e. The second-order valence-corrected chi connectivity index (χ2v) is 10.6. The zero-order valence-corrected chi connectivity index (χ0v) is 20.0. The molecule has 4 aliphatic rings. The van der Waals surface area contributed by atoms with Crippen molar-refractivity contribution in [1.82, 2.24) is 15.1 Å². The first-order chi connectivity index (χ1) is 15.4. The van der Waals surface area contributed by atoms with E-state index in [1.807, 2.05) is 25.2 Å². The predicted molar refractivity (Wildman–Crippen MR) is 127 cm³/mol. The average Bonchev–Trinajstić information content (AvgIpc) is 3.15. The fraction of sp³-hybridized carbons (Fsp3) is 0.769. The van der Waals surface area contributed by atoms with E-state index in [1.165, 1.54) is 64.2 Å². The van der Waals surface area contributed by atoms with Crippen molar-refractivity contribution in [2.75, 3.05) is 6.54 Å². The van der Waals surface area contributed by atoms with Gasteiger partial charge in [-0.15, -0.1) is 0 Å². The lowest BCUT2D eigenvalue weighted by Crippen LogP contribution is -2.70. The highest BCUT2D eigenvalue weighted by Gasteiger charge is 2.55. The van der Waals surface area contributed by atoms with Crippen molar-refractivity contribution in [1.29, 1.82) is 0 Å². The zero-order chi connectivity index (χ0) is 22.7. The van der Waals surface area contributed by atoms with Gasteiger partial charge in [-0.3, -0.25) is 19.4 Å². The maximum absolute atomic E-state index is 13.0. The van der Waals surface area contributed by atoms with E-state index in [0.717, 1.165) is 18.5 Å². The molecule has 0 unspecified atom stereocenters. The summed E-state index contributed by atoms with van der Waals surface area (Å²) in [5.41, 5.74) is 6.80. The highest BCUT2D eigenvalue weighted by Crippen LogP contribution is 2.49. The van der Waals surface area contributed by atoms with Crippen molar-refractivity contribution >= 4 is 11.8 Å². The Bertz CT molecular complexity index is 751. The van der Waals surface area contributed by atoms with Crippen LogP contribution in [0.1, 0.15) is 90.9 Å². The van der Waals surface area contributed by atoms with Gasteiger partial charge < -0.3 is 11.1 Å². The molecule has 0 bridgehead atoms. The number of rotatable bonds is 6. The van der Waals surface area contributed by atoms with Crippen molar-refractivity contribution in [2.24, 2.45) is 11.7 Å². The van der Waals surface area contributed by atoms with Crippen LogP contribution >= 0.6 is 0 Å². The lowest BCUT2D eigenvalue weighted by Gasteiger charge is -2.59. The molecular weight excluding hydrogens is 400 g/mol. The molecule has 32 heavy (non-hydrogen) atoms. The van der Waals surface area contributed by atoms with Gasteiger partial charge in [0.2, 0.25) is 0 Å². The van der Waals surface area contributed by atoms with Crippen LogP contribution in [-0.4, -0.2) is 51.9 Å². The number of hydrogen-bond acceptors (Lipinski definition) is 4. The van der Waals surface area contributed by atoms with E-state index in [2.05, 4.69) is 17.1 Å².